The third-order valence-electron chi connectivity index (χ3n) is 4.32. The summed E-state index contributed by atoms with van der Waals surface area (Å²) in [6, 6.07) is 2.20. The van der Waals surface area contributed by atoms with Gasteiger partial charge in [-0.05, 0) is 56.2 Å². The summed E-state index contributed by atoms with van der Waals surface area (Å²) < 4.78 is 11.9. The van der Waals surface area contributed by atoms with Crippen LogP contribution in [0.1, 0.15) is 48.8 Å². The van der Waals surface area contributed by atoms with E-state index >= 15 is 0 Å². The third-order valence-corrected chi connectivity index (χ3v) is 4.32. The van der Waals surface area contributed by atoms with E-state index in [-0.39, 0.29) is 0 Å². The van der Waals surface area contributed by atoms with Gasteiger partial charge in [-0.2, -0.15) is 0 Å². The molecular formula is C16H23NO2. The Bertz CT molecular complexity index is 432. The van der Waals surface area contributed by atoms with Crippen LogP contribution in [0, 0.1) is 0 Å². The molecule has 0 saturated heterocycles. The molecule has 19 heavy (non-hydrogen) atoms. The Hall–Kier alpha value is -1.22. The lowest BCUT2D eigenvalue weighted by atomic mass is 9.85. The van der Waals surface area contributed by atoms with Crippen molar-refractivity contribution in [1.82, 2.24) is 0 Å². The zero-order chi connectivity index (χ0) is 13.2. The van der Waals surface area contributed by atoms with Crippen molar-refractivity contribution in [1.29, 1.82) is 0 Å². The summed E-state index contributed by atoms with van der Waals surface area (Å²) >= 11 is 0. The molecule has 2 heterocycles. The molecule has 0 radical (unpaired) electrons. The van der Waals surface area contributed by atoms with Crippen LogP contribution < -0.4 is 15.2 Å². The number of hydrogen-bond acceptors (Lipinski definition) is 3. The number of hydrogen-bond donors (Lipinski definition) is 1. The monoisotopic (exact) mass is 261 g/mol. The van der Waals surface area contributed by atoms with Gasteiger partial charge in [0.15, 0.2) is 0 Å². The number of rotatable bonds is 3. The van der Waals surface area contributed by atoms with Crippen LogP contribution >= 0.6 is 0 Å². The van der Waals surface area contributed by atoms with Crippen LogP contribution in [0.2, 0.25) is 0 Å². The molecule has 104 valence electrons. The lowest BCUT2D eigenvalue weighted by Crippen LogP contribution is -2.21. The molecule has 2 aliphatic heterocycles. The molecule has 3 rings (SSSR count). The van der Waals surface area contributed by atoms with Crippen molar-refractivity contribution in [3.63, 3.8) is 0 Å². The second-order valence-corrected chi connectivity index (χ2v) is 5.50. The molecule has 1 unspecified atom stereocenters. The largest absolute Gasteiger partial charge is 0.493 e. The minimum atomic E-state index is 0.392. The molecular weight excluding hydrogens is 238 g/mol. The second-order valence-electron chi connectivity index (χ2n) is 5.50. The van der Waals surface area contributed by atoms with Crippen LogP contribution in [-0.4, -0.2) is 19.8 Å². The molecule has 0 aliphatic carbocycles. The van der Waals surface area contributed by atoms with E-state index in [2.05, 4.69) is 13.0 Å². The van der Waals surface area contributed by atoms with Crippen LogP contribution in [0.5, 0.6) is 11.5 Å². The molecule has 0 spiro atoms. The molecule has 3 nitrogen and oxygen atoms in total. The Kier molecular flexibility index (Phi) is 3.65. The van der Waals surface area contributed by atoms with E-state index in [0.29, 0.717) is 12.5 Å². The van der Waals surface area contributed by atoms with E-state index in [4.69, 9.17) is 15.2 Å². The summed E-state index contributed by atoms with van der Waals surface area (Å²) in [6.45, 7) is 4.56. The van der Waals surface area contributed by atoms with Gasteiger partial charge in [0.1, 0.15) is 11.5 Å². The summed E-state index contributed by atoms with van der Waals surface area (Å²) in [5.74, 6) is 2.59. The molecule has 3 heteroatoms. The van der Waals surface area contributed by atoms with Gasteiger partial charge < -0.3 is 15.2 Å². The smallest absolute Gasteiger partial charge is 0.126 e. The fourth-order valence-corrected chi connectivity index (χ4v) is 3.28. The maximum absolute atomic E-state index is 5.99. The van der Waals surface area contributed by atoms with E-state index in [0.717, 1.165) is 56.8 Å². The average molecular weight is 261 g/mol. The fraction of sp³-hybridized carbons (Fsp3) is 0.625. The van der Waals surface area contributed by atoms with Crippen LogP contribution in [0.3, 0.4) is 0 Å². The number of fused-ring (bicyclic) bond motifs is 2. The minimum absolute atomic E-state index is 0.392. The number of ether oxygens (including phenoxy) is 2. The van der Waals surface area contributed by atoms with Crippen LogP contribution in [-0.2, 0) is 12.8 Å². The molecule has 1 aromatic carbocycles. The predicted molar refractivity (Wildman–Crippen MR) is 76.2 cm³/mol. The maximum Gasteiger partial charge on any atom is 0.126 e. The highest BCUT2D eigenvalue weighted by molar-refractivity contribution is 5.56. The minimum Gasteiger partial charge on any atom is -0.493 e. The van der Waals surface area contributed by atoms with Gasteiger partial charge in [-0.1, -0.05) is 6.92 Å². The number of aryl methyl sites for hydroxylation is 1. The Morgan fingerprint density at radius 1 is 1.21 bits per heavy atom. The zero-order valence-corrected chi connectivity index (χ0v) is 11.7. The van der Waals surface area contributed by atoms with Gasteiger partial charge in [-0.25, -0.2) is 0 Å². The Labute approximate surface area is 115 Å². The molecule has 1 aromatic rings. The molecule has 0 fully saturated rings. The predicted octanol–water partition coefficient (Wildman–Crippen LogP) is 2.79. The van der Waals surface area contributed by atoms with Gasteiger partial charge in [0, 0.05) is 11.1 Å². The maximum atomic E-state index is 5.99. The zero-order valence-electron chi connectivity index (χ0n) is 11.7. The highest BCUT2D eigenvalue weighted by Gasteiger charge is 2.27. The molecule has 0 amide bonds. The van der Waals surface area contributed by atoms with E-state index in [9.17, 15) is 0 Å². The quantitative estimate of drug-likeness (QED) is 0.910. The summed E-state index contributed by atoms with van der Waals surface area (Å²) in [5, 5.41) is 0. The highest BCUT2D eigenvalue weighted by Crippen LogP contribution is 2.43. The summed E-state index contributed by atoms with van der Waals surface area (Å²) in [6.07, 6.45) is 5.45. The summed E-state index contributed by atoms with van der Waals surface area (Å²) in [7, 11) is 0. The first-order chi connectivity index (χ1) is 9.35. The first-order valence-corrected chi connectivity index (χ1v) is 7.49. The van der Waals surface area contributed by atoms with Crippen molar-refractivity contribution in [2.45, 2.75) is 44.9 Å². The van der Waals surface area contributed by atoms with Crippen molar-refractivity contribution in [2.75, 3.05) is 19.8 Å². The van der Waals surface area contributed by atoms with E-state index in [1.807, 2.05) is 0 Å². The first-order valence-electron chi connectivity index (χ1n) is 7.49. The van der Waals surface area contributed by atoms with Gasteiger partial charge in [-0.3, -0.25) is 0 Å². The summed E-state index contributed by atoms with van der Waals surface area (Å²) in [5.41, 5.74) is 9.99. The van der Waals surface area contributed by atoms with Crippen molar-refractivity contribution >= 4 is 0 Å². The lowest BCUT2D eigenvalue weighted by molar-refractivity contribution is 0.267. The van der Waals surface area contributed by atoms with Gasteiger partial charge in [0.2, 0.25) is 0 Å². The van der Waals surface area contributed by atoms with Crippen molar-refractivity contribution in [2.24, 2.45) is 5.73 Å². The summed E-state index contributed by atoms with van der Waals surface area (Å²) in [4.78, 5) is 0. The molecule has 2 aliphatic rings. The van der Waals surface area contributed by atoms with Gasteiger partial charge in [0.25, 0.3) is 0 Å². The molecule has 1 atom stereocenters. The highest BCUT2D eigenvalue weighted by atomic mass is 16.5. The molecule has 0 aromatic heterocycles. The average Bonchev–Trinajstić information content (AvgIpc) is 2.47. The molecule has 0 saturated carbocycles. The van der Waals surface area contributed by atoms with Gasteiger partial charge >= 0.3 is 0 Å². The van der Waals surface area contributed by atoms with E-state index in [1.54, 1.807) is 0 Å². The van der Waals surface area contributed by atoms with Crippen LogP contribution in [0.15, 0.2) is 6.07 Å². The standard InChI is InChI=1S/C16H23NO2/c1-2-11(10-17)15-13-6-4-7-18-14(13)9-12-5-3-8-19-16(12)15/h9,11H,2-8,10,17H2,1H3. The third kappa shape index (κ3) is 2.20. The first kappa shape index (κ1) is 12.8. The van der Waals surface area contributed by atoms with Crippen molar-refractivity contribution in [3.05, 3.63) is 22.8 Å². The molecule has 2 N–H and O–H groups in total. The van der Waals surface area contributed by atoms with Crippen LogP contribution in [0.4, 0.5) is 0 Å². The number of benzene rings is 1. The van der Waals surface area contributed by atoms with Gasteiger partial charge in [-0.15, -0.1) is 0 Å². The SMILES string of the molecule is CCC(CN)c1c2c(cc3c1OCCC3)OCCC2. The second kappa shape index (κ2) is 5.41. The van der Waals surface area contributed by atoms with E-state index < -0.39 is 0 Å². The van der Waals surface area contributed by atoms with Crippen LogP contribution in [0.25, 0.3) is 0 Å². The Morgan fingerprint density at radius 3 is 2.79 bits per heavy atom. The lowest BCUT2D eigenvalue weighted by Gasteiger charge is -2.30. The molecule has 0 bridgehead atoms. The van der Waals surface area contributed by atoms with Gasteiger partial charge in [0.05, 0.1) is 13.2 Å². The van der Waals surface area contributed by atoms with Crippen molar-refractivity contribution < 1.29 is 9.47 Å². The van der Waals surface area contributed by atoms with Crippen molar-refractivity contribution in [3.8, 4) is 11.5 Å². The fourth-order valence-electron chi connectivity index (χ4n) is 3.28. The number of nitrogens with two attached hydrogens (primary N) is 1. The normalized spacial score (nSPS) is 18.8. The Balaban J connectivity index is 2.16. The Morgan fingerprint density at radius 2 is 2.00 bits per heavy atom. The topological polar surface area (TPSA) is 44.5 Å². The van der Waals surface area contributed by atoms with E-state index in [1.165, 1.54) is 16.7 Å².